The van der Waals surface area contributed by atoms with Crippen LogP contribution in [-0.4, -0.2) is 5.78 Å². The molecule has 0 aliphatic heterocycles. The second kappa shape index (κ2) is 4.92. The van der Waals surface area contributed by atoms with E-state index in [0.29, 0.717) is 12.8 Å². The standard InChI is InChI=1S/C15H14BrF2NO/c1-14(2)5-6-15(8-19,13(14)20)7-9-11(17)4-3-10(16)12(9)18/h3-4H,5-7H2,1-2H3. The van der Waals surface area contributed by atoms with E-state index in [0.717, 1.165) is 6.07 Å². The molecule has 1 aliphatic rings. The van der Waals surface area contributed by atoms with Gasteiger partial charge in [0.25, 0.3) is 0 Å². The third kappa shape index (κ3) is 2.26. The Morgan fingerprint density at radius 2 is 2.00 bits per heavy atom. The summed E-state index contributed by atoms with van der Waals surface area (Å²) in [5.74, 6) is -1.69. The van der Waals surface area contributed by atoms with E-state index in [9.17, 15) is 18.8 Å². The molecule has 106 valence electrons. The van der Waals surface area contributed by atoms with Crippen LogP contribution in [0.15, 0.2) is 16.6 Å². The molecule has 20 heavy (non-hydrogen) atoms. The molecule has 0 saturated heterocycles. The van der Waals surface area contributed by atoms with Crippen LogP contribution in [-0.2, 0) is 11.2 Å². The molecule has 1 aromatic carbocycles. The highest BCUT2D eigenvalue weighted by Gasteiger charge is 2.52. The van der Waals surface area contributed by atoms with Crippen molar-refractivity contribution in [1.82, 2.24) is 0 Å². The third-order valence-corrected chi connectivity index (χ3v) is 4.67. The highest BCUT2D eigenvalue weighted by Crippen LogP contribution is 2.47. The molecule has 1 aromatic rings. The van der Waals surface area contributed by atoms with Crippen LogP contribution in [0.2, 0.25) is 0 Å². The molecule has 0 heterocycles. The zero-order chi connectivity index (χ0) is 15.1. The largest absolute Gasteiger partial charge is 0.297 e. The van der Waals surface area contributed by atoms with Gasteiger partial charge in [0.05, 0.1) is 10.5 Å². The topological polar surface area (TPSA) is 40.9 Å². The lowest BCUT2D eigenvalue weighted by molar-refractivity contribution is -0.130. The minimum Gasteiger partial charge on any atom is -0.297 e. The van der Waals surface area contributed by atoms with Crippen LogP contribution in [0.5, 0.6) is 0 Å². The van der Waals surface area contributed by atoms with Crippen LogP contribution in [0.4, 0.5) is 8.78 Å². The van der Waals surface area contributed by atoms with E-state index in [1.54, 1.807) is 13.8 Å². The molecular weight excluding hydrogens is 328 g/mol. The van der Waals surface area contributed by atoms with Gasteiger partial charge < -0.3 is 0 Å². The van der Waals surface area contributed by atoms with Gasteiger partial charge in [-0.25, -0.2) is 8.78 Å². The first-order chi connectivity index (χ1) is 9.23. The van der Waals surface area contributed by atoms with E-state index in [1.165, 1.54) is 6.07 Å². The number of nitrogens with zero attached hydrogens (tertiary/aromatic N) is 1. The minimum absolute atomic E-state index is 0.131. The Balaban J connectivity index is 2.46. The Hall–Kier alpha value is -1.28. The molecule has 1 fully saturated rings. The van der Waals surface area contributed by atoms with Crippen molar-refractivity contribution in [2.75, 3.05) is 0 Å². The number of carbonyl (C=O) groups is 1. The van der Waals surface area contributed by atoms with Gasteiger partial charge in [-0.1, -0.05) is 13.8 Å². The number of hydrogen-bond donors (Lipinski definition) is 0. The van der Waals surface area contributed by atoms with Crippen molar-refractivity contribution in [3.8, 4) is 6.07 Å². The van der Waals surface area contributed by atoms with Crippen molar-refractivity contribution in [2.45, 2.75) is 33.1 Å². The van der Waals surface area contributed by atoms with Gasteiger partial charge in [0.15, 0.2) is 5.78 Å². The van der Waals surface area contributed by atoms with E-state index in [1.807, 2.05) is 6.07 Å². The molecule has 0 radical (unpaired) electrons. The normalized spacial score (nSPS) is 24.7. The van der Waals surface area contributed by atoms with Crippen molar-refractivity contribution < 1.29 is 13.6 Å². The maximum Gasteiger partial charge on any atom is 0.158 e. The summed E-state index contributed by atoms with van der Waals surface area (Å²) in [6, 6.07) is 4.42. The number of rotatable bonds is 2. The number of hydrogen-bond acceptors (Lipinski definition) is 2. The number of carbonyl (C=O) groups excluding carboxylic acids is 1. The predicted octanol–water partition coefficient (Wildman–Crippen LogP) is 4.17. The second-order valence-electron chi connectivity index (χ2n) is 5.91. The van der Waals surface area contributed by atoms with Gasteiger partial charge in [-0.2, -0.15) is 5.26 Å². The second-order valence-corrected chi connectivity index (χ2v) is 6.76. The molecular formula is C15H14BrF2NO. The summed E-state index contributed by atoms with van der Waals surface area (Å²) in [5, 5.41) is 9.40. The van der Waals surface area contributed by atoms with Crippen molar-refractivity contribution in [1.29, 1.82) is 5.26 Å². The van der Waals surface area contributed by atoms with E-state index in [4.69, 9.17) is 0 Å². The van der Waals surface area contributed by atoms with Gasteiger partial charge in [0.2, 0.25) is 0 Å². The van der Waals surface area contributed by atoms with E-state index >= 15 is 0 Å². The van der Waals surface area contributed by atoms with Gasteiger partial charge in [-0.3, -0.25) is 4.79 Å². The molecule has 0 amide bonds. The minimum atomic E-state index is -1.33. The van der Waals surface area contributed by atoms with Gasteiger partial charge in [-0.05, 0) is 40.9 Å². The van der Waals surface area contributed by atoms with Crippen LogP contribution in [0.25, 0.3) is 0 Å². The summed E-state index contributed by atoms with van der Waals surface area (Å²) >= 11 is 3.00. The molecule has 5 heteroatoms. The number of halogens is 3. The molecule has 0 N–H and O–H groups in total. The van der Waals surface area contributed by atoms with Crippen LogP contribution in [0, 0.1) is 33.8 Å². The Morgan fingerprint density at radius 3 is 2.50 bits per heavy atom. The number of Topliss-reactive ketones (excluding diaryl/α,β-unsaturated/α-hetero) is 1. The summed E-state index contributed by atoms with van der Waals surface area (Å²) in [5.41, 5.74) is -2.15. The quantitative estimate of drug-likeness (QED) is 0.757. The maximum absolute atomic E-state index is 14.0. The van der Waals surface area contributed by atoms with Gasteiger partial charge >= 0.3 is 0 Å². The van der Waals surface area contributed by atoms with Crippen molar-refractivity contribution >= 4 is 21.7 Å². The average molecular weight is 342 g/mol. The summed E-state index contributed by atoms with van der Waals surface area (Å²) in [6.07, 6.45) is 0.667. The zero-order valence-corrected chi connectivity index (χ0v) is 12.9. The Kier molecular flexibility index (Phi) is 3.72. The smallest absolute Gasteiger partial charge is 0.158 e. The monoisotopic (exact) mass is 341 g/mol. The summed E-state index contributed by atoms with van der Waals surface area (Å²) < 4.78 is 28.0. The first kappa shape index (κ1) is 15.1. The molecule has 0 bridgehead atoms. The maximum atomic E-state index is 14.0. The zero-order valence-electron chi connectivity index (χ0n) is 11.3. The molecule has 0 aromatic heterocycles. The molecule has 1 saturated carbocycles. The van der Waals surface area contributed by atoms with Crippen LogP contribution in [0.1, 0.15) is 32.3 Å². The summed E-state index contributed by atoms with van der Waals surface area (Å²) in [7, 11) is 0. The average Bonchev–Trinajstić information content (AvgIpc) is 2.64. The van der Waals surface area contributed by atoms with Crippen molar-refractivity contribution in [3.63, 3.8) is 0 Å². The lowest BCUT2D eigenvalue weighted by Crippen LogP contribution is -2.33. The molecule has 1 atom stereocenters. The number of nitriles is 1. The van der Waals surface area contributed by atoms with Gasteiger partial charge in [0.1, 0.15) is 17.0 Å². The highest BCUT2D eigenvalue weighted by molar-refractivity contribution is 9.10. The van der Waals surface area contributed by atoms with E-state index in [-0.39, 0.29) is 22.2 Å². The Bertz CT molecular complexity index is 621. The fraction of sp³-hybridized carbons (Fsp3) is 0.467. The third-order valence-electron chi connectivity index (χ3n) is 4.06. The first-order valence-corrected chi connectivity index (χ1v) is 7.11. The molecule has 2 nitrogen and oxygen atoms in total. The lowest BCUT2D eigenvalue weighted by Gasteiger charge is -2.23. The Morgan fingerprint density at radius 1 is 1.35 bits per heavy atom. The first-order valence-electron chi connectivity index (χ1n) is 6.32. The van der Waals surface area contributed by atoms with Crippen LogP contribution >= 0.6 is 15.9 Å². The summed E-state index contributed by atoms with van der Waals surface area (Å²) in [6.45, 7) is 3.53. The fourth-order valence-electron chi connectivity index (χ4n) is 2.75. The molecule has 1 aliphatic carbocycles. The van der Waals surface area contributed by atoms with Crippen molar-refractivity contribution in [3.05, 3.63) is 33.8 Å². The van der Waals surface area contributed by atoms with E-state index in [2.05, 4.69) is 15.9 Å². The van der Waals surface area contributed by atoms with Gasteiger partial charge in [-0.15, -0.1) is 0 Å². The summed E-state index contributed by atoms with van der Waals surface area (Å²) in [4.78, 5) is 12.4. The SMILES string of the molecule is CC1(C)CCC(C#N)(Cc2c(F)ccc(Br)c2F)C1=O. The number of benzene rings is 1. The molecule has 0 spiro atoms. The highest BCUT2D eigenvalue weighted by atomic mass is 79.9. The van der Waals surface area contributed by atoms with E-state index < -0.39 is 22.5 Å². The fourth-order valence-corrected chi connectivity index (χ4v) is 3.12. The predicted molar refractivity (Wildman–Crippen MR) is 73.8 cm³/mol. The molecule has 2 rings (SSSR count). The van der Waals surface area contributed by atoms with Crippen molar-refractivity contribution in [2.24, 2.45) is 10.8 Å². The Labute approximate surface area is 124 Å². The van der Waals surface area contributed by atoms with Crippen LogP contribution in [0.3, 0.4) is 0 Å². The van der Waals surface area contributed by atoms with Gasteiger partial charge in [0, 0.05) is 17.4 Å². The lowest BCUT2D eigenvalue weighted by atomic mass is 9.76. The van der Waals surface area contributed by atoms with Crippen LogP contribution < -0.4 is 0 Å². The molecule has 1 unspecified atom stereocenters. The number of ketones is 1.